The van der Waals surface area contributed by atoms with Gasteiger partial charge in [-0.3, -0.25) is 9.69 Å². The zero-order chi connectivity index (χ0) is 16.1. The van der Waals surface area contributed by atoms with Gasteiger partial charge in [0.1, 0.15) is 5.82 Å². The Morgan fingerprint density at radius 1 is 1.30 bits per heavy atom. The molecule has 1 N–H and O–H groups in total. The van der Waals surface area contributed by atoms with Crippen LogP contribution in [0, 0.1) is 5.92 Å². The molecule has 0 spiro atoms. The molecular formula is C19H27N3O. The highest BCUT2D eigenvalue weighted by molar-refractivity contribution is 5.83. The van der Waals surface area contributed by atoms with Gasteiger partial charge in [0.05, 0.1) is 24.0 Å². The lowest BCUT2D eigenvalue weighted by Gasteiger charge is -2.31. The number of para-hydroxylation sites is 2. The number of rotatable bonds is 7. The van der Waals surface area contributed by atoms with Crippen LogP contribution in [0.1, 0.15) is 44.9 Å². The van der Waals surface area contributed by atoms with Crippen LogP contribution in [0.5, 0.6) is 0 Å². The van der Waals surface area contributed by atoms with Gasteiger partial charge in [0, 0.05) is 0 Å². The van der Waals surface area contributed by atoms with Crippen molar-refractivity contribution in [3.63, 3.8) is 0 Å². The van der Waals surface area contributed by atoms with Crippen molar-refractivity contribution in [1.82, 2.24) is 14.9 Å². The first-order chi connectivity index (χ1) is 11.2. The standard InChI is InChI=1S/C19H27N3O/c1-2-3-6-15-9-11-22(12-10-15)14-16(23)13-19-20-17-7-4-5-8-18(17)21-19/h4-5,7-8,15H,2-3,6,9-14H2,1H3,(H,20,21). The van der Waals surface area contributed by atoms with E-state index < -0.39 is 0 Å². The Morgan fingerprint density at radius 3 is 2.83 bits per heavy atom. The fraction of sp³-hybridized carbons (Fsp3) is 0.579. The molecule has 1 fully saturated rings. The lowest BCUT2D eigenvalue weighted by Crippen LogP contribution is -2.37. The number of ketones is 1. The lowest BCUT2D eigenvalue weighted by molar-refractivity contribution is -0.120. The summed E-state index contributed by atoms with van der Waals surface area (Å²) in [6.07, 6.45) is 6.89. The predicted molar refractivity (Wildman–Crippen MR) is 93.5 cm³/mol. The molecule has 1 aromatic heterocycles. The van der Waals surface area contributed by atoms with E-state index in [-0.39, 0.29) is 5.78 Å². The fourth-order valence-corrected chi connectivity index (χ4v) is 3.51. The number of carbonyl (C=O) groups excluding carboxylic acids is 1. The Bertz CT molecular complexity index is 608. The first-order valence-electron chi connectivity index (χ1n) is 8.92. The smallest absolute Gasteiger partial charge is 0.154 e. The molecular weight excluding hydrogens is 286 g/mol. The maximum Gasteiger partial charge on any atom is 0.154 e. The van der Waals surface area contributed by atoms with Crippen LogP contribution in [-0.4, -0.2) is 40.3 Å². The van der Waals surface area contributed by atoms with E-state index in [1.165, 1.54) is 32.1 Å². The number of hydrogen-bond donors (Lipinski definition) is 1. The van der Waals surface area contributed by atoms with E-state index in [1.54, 1.807) is 0 Å². The number of fused-ring (bicyclic) bond motifs is 1. The minimum atomic E-state index is 0.260. The topological polar surface area (TPSA) is 49.0 Å². The van der Waals surface area contributed by atoms with Crippen molar-refractivity contribution in [3.05, 3.63) is 30.1 Å². The van der Waals surface area contributed by atoms with Crippen molar-refractivity contribution < 1.29 is 4.79 Å². The molecule has 124 valence electrons. The largest absolute Gasteiger partial charge is 0.342 e. The molecule has 3 rings (SSSR count). The van der Waals surface area contributed by atoms with Gasteiger partial charge in [-0.05, 0) is 44.0 Å². The summed E-state index contributed by atoms with van der Waals surface area (Å²) >= 11 is 0. The highest BCUT2D eigenvalue weighted by Gasteiger charge is 2.20. The van der Waals surface area contributed by atoms with Gasteiger partial charge in [-0.25, -0.2) is 4.98 Å². The zero-order valence-electron chi connectivity index (χ0n) is 14.1. The first kappa shape index (κ1) is 16.2. The maximum absolute atomic E-state index is 12.3. The summed E-state index contributed by atoms with van der Waals surface area (Å²) < 4.78 is 0. The van der Waals surface area contributed by atoms with E-state index in [2.05, 4.69) is 21.8 Å². The Morgan fingerprint density at radius 2 is 2.09 bits per heavy atom. The number of Topliss-reactive ketones (excluding diaryl/α,β-unsaturated/α-hetero) is 1. The molecule has 0 bridgehead atoms. The number of unbranched alkanes of at least 4 members (excludes halogenated alkanes) is 1. The van der Waals surface area contributed by atoms with Crippen molar-refractivity contribution in [2.75, 3.05) is 19.6 Å². The summed E-state index contributed by atoms with van der Waals surface area (Å²) in [6.45, 7) is 4.96. The molecule has 0 atom stereocenters. The van der Waals surface area contributed by atoms with Crippen LogP contribution in [-0.2, 0) is 11.2 Å². The summed E-state index contributed by atoms with van der Waals surface area (Å²) in [6, 6.07) is 7.92. The van der Waals surface area contributed by atoms with Gasteiger partial charge in [0.15, 0.2) is 5.78 Å². The second kappa shape index (κ2) is 7.73. The summed E-state index contributed by atoms with van der Waals surface area (Å²) in [4.78, 5) is 22.4. The van der Waals surface area contributed by atoms with Gasteiger partial charge in [0.25, 0.3) is 0 Å². The molecule has 0 radical (unpaired) electrons. The number of likely N-dealkylation sites (tertiary alicyclic amines) is 1. The van der Waals surface area contributed by atoms with Crippen LogP contribution in [0.3, 0.4) is 0 Å². The molecule has 4 nitrogen and oxygen atoms in total. The number of aromatic amines is 1. The monoisotopic (exact) mass is 313 g/mol. The van der Waals surface area contributed by atoms with Gasteiger partial charge in [-0.2, -0.15) is 0 Å². The number of piperidine rings is 1. The van der Waals surface area contributed by atoms with Crippen LogP contribution in [0.2, 0.25) is 0 Å². The lowest BCUT2D eigenvalue weighted by atomic mass is 9.91. The van der Waals surface area contributed by atoms with Crippen LogP contribution < -0.4 is 0 Å². The van der Waals surface area contributed by atoms with E-state index in [1.807, 2.05) is 24.3 Å². The van der Waals surface area contributed by atoms with Crippen molar-refractivity contribution in [2.24, 2.45) is 5.92 Å². The Kier molecular flexibility index (Phi) is 5.44. The summed E-state index contributed by atoms with van der Waals surface area (Å²) in [5.74, 6) is 1.92. The summed E-state index contributed by atoms with van der Waals surface area (Å²) in [5.41, 5.74) is 1.94. The number of hydrogen-bond acceptors (Lipinski definition) is 3. The third-order valence-electron chi connectivity index (χ3n) is 4.88. The molecule has 0 aliphatic carbocycles. The van der Waals surface area contributed by atoms with Gasteiger partial charge < -0.3 is 4.98 Å². The van der Waals surface area contributed by atoms with Gasteiger partial charge in [-0.15, -0.1) is 0 Å². The normalized spacial score (nSPS) is 16.9. The minimum absolute atomic E-state index is 0.260. The predicted octanol–water partition coefficient (Wildman–Crippen LogP) is 3.58. The molecule has 1 aromatic carbocycles. The quantitative estimate of drug-likeness (QED) is 0.850. The van der Waals surface area contributed by atoms with Crippen LogP contribution in [0.4, 0.5) is 0 Å². The van der Waals surface area contributed by atoms with Crippen LogP contribution in [0.15, 0.2) is 24.3 Å². The Balaban J connectivity index is 1.46. The van der Waals surface area contributed by atoms with Crippen LogP contribution >= 0.6 is 0 Å². The van der Waals surface area contributed by atoms with Gasteiger partial charge >= 0.3 is 0 Å². The number of nitrogens with zero attached hydrogens (tertiary/aromatic N) is 2. The highest BCUT2D eigenvalue weighted by atomic mass is 16.1. The SMILES string of the molecule is CCCCC1CCN(CC(=O)Cc2nc3ccccc3[nH]2)CC1. The summed E-state index contributed by atoms with van der Waals surface area (Å²) in [5, 5.41) is 0. The number of carbonyl (C=O) groups is 1. The molecule has 1 aliphatic rings. The molecule has 23 heavy (non-hydrogen) atoms. The van der Waals surface area contributed by atoms with Crippen LogP contribution in [0.25, 0.3) is 11.0 Å². The zero-order valence-corrected chi connectivity index (χ0v) is 14.1. The van der Waals surface area contributed by atoms with Gasteiger partial charge in [0.2, 0.25) is 0 Å². The second-order valence-corrected chi connectivity index (χ2v) is 6.78. The number of nitrogens with one attached hydrogen (secondary N) is 1. The number of imidazole rings is 1. The van der Waals surface area contributed by atoms with E-state index >= 15 is 0 Å². The third kappa shape index (κ3) is 4.41. The Labute approximate surface area is 138 Å². The second-order valence-electron chi connectivity index (χ2n) is 6.78. The van der Waals surface area contributed by atoms with Crippen molar-refractivity contribution in [3.8, 4) is 0 Å². The molecule has 1 saturated heterocycles. The van der Waals surface area contributed by atoms with E-state index in [9.17, 15) is 4.79 Å². The molecule has 1 aliphatic heterocycles. The Hall–Kier alpha value is -1.68. The molecule has 2 aromatic rings. The number of aromatic nitrogens is 2. The minimum Gasteiger partial charge on any atom is -0.342 e. The maximum atomic E-state index is 12.3. The molecule has 4 heteroatoms. The van der Waals surface area contributed by atoms with E-state index in [0.717, 1.165) is 35.9 Å². The fourth-order valence-electron chi connectivity index (χ4n) is 3.51. The third-order valence-corrected chi connectivity index (χ3v) is 4.88. The molecule has 2 heterocycles. The molecule has 0 saturated carbocycles. The van der Waals surface area contributed by atoms with Gasteiger partial charge in [-0.1, -0.05) is 38.3 Å². The molecule has 0 unspecified atom stereocenters. The van der Waals surface area contributed by atoms with E-state index in [0.29, 0.717) is 13.0 Å². The summed E-state index contributed by atoms with van der Waals surface area (Å²) in [7, 11) is 0. The average Bonchev–Trinajstić information content (AvgIpc) is 2.96. The van der Waals surface area contributed by atoms with Crippen molar-refractivity contribution in [2.45, 2.75) is 45.4 Å². The van der Waals surface area contributed by atoms with Crippen molar-refractivity contribution in [1.29, 1.82) is 0 Å². The highest BCUT2D eigenvalue weighted by Crippen LogP contribution is 2.22. The molecule has 0 amide bonds. The van der Waals surface area contributed by atoms with Crippen molar-refractivity contribution >= 4 is 16.8 Å². The van der Waals surface area contributed by atoms with E-state index in [4.69, 9.17) is 0 Å². The number of benzene rings is 1. The first-order valence-corrected chi connectivity index (χ1v) is 8.92. The average molecular weight is 313 g/mol. The number of H-pyrrole nitrogens is 1.